The second-order valence-electron chi connectivity index (χ2n) is 5.94. The number of alkyl halides is 3. The van der Waals surface area contributed by atoms with Crippen molar-refractivity contribution in [1.29, 1.82) is 0 Å². The summed E-state index contributed by atoms with van der Waals surface area (Å²) in [5, 5.41) is 4.19. The second kappa shape index (κ2) is 6.70. The zero-order chi connectivity index (χ0) is 19.7. The van der Waals surface area contributed by atoms with Crippen LogP contribution in [0.1, 0.15) is 16.7 Å². The molecule has 2 N–H and O–H groups in total. The number of rotatable bonds is 1. The third-order valence-electron chi connectivity index (χ3n) is 4.00. The van der Waals surface area contributed by atoms with Crippen LogP contribution in [0.2, 0.25) is 0 Å². The topological polar surface area (TPSA) is 69.1 Å². The Morgan fingerprint density at radius 1 is 0.929 bits per heavy atom. The molecule has 0 radical (unpaired) electrons. The number of halogens is 3. The molecule has 0 aliphatic carbocycles. The highest BCUT2D eigenvalue weighted by atomic mass is 19.4. The van der Waals surface area contributed by atoms with E-state index in [-0.39, 0.29) is 0 Å². The molecule has 138 valence electrons. The predicted octanol–water partition coefficient (Wildman–Crippen LogP) is 3.79. The Labute approximate surface area is 157 Å². The lowest BCUT2D eigenvalue weighted by Gasteiger charge is -2.07. The third kappa shape index (κ3) is 3.50. The quantitative estimate of drug-likeness (QED) is 0.511. The third-order valence-corrected chi connectivity index (χ3v) is 4.00. The number of nitrogen functional groups attached to an aromatic ring is 1. The summed E-state index contributed by atoms with van der Waals surface area (Å²) < 4.78 is 39.8. The van der Waals surface area contributed by atoms with E-state index < -0.39 is 11.7 Å². The first-order valence-electron chi connectivity index (χ1n) is 8.16. The molecule has 0 atom stereocenters. The summed E-state index contributed by atoms with van der Waals surface area (Å²) in [6.07, 6.45) is 0.456. The van der Waals surface area contributed by atoms with Crippen molar-refractivity contribution in [3.05, 3.63) is 77.7 Å². The molecule has 0 aliphatic heterocycles. The Bertz CT molecular complexity index is 1200. The van der Waals surface area contributed by atoms with Crippen LogP contribution in [0.25, 0.3) is 16.9 Å². The summed E-state index contributed by atoms with van der Waals surface area (Å²) in [4.78, 5) is 8.48. The maximum absolute atomic E-state index is 12.7. The minimum Gasteiger partial charge on any atom is -0.384 e. The van der Waals surface area contributed by atoms with Crippen molar-refractivity contribution >= 4 is 11.5 Å². The molecule has 0 amide bonds. The van der Waals surface area contributed by atoms with Gasteiger partial charge in [0.1, 0.15) is 5.82 Å². The van der Waals surface area contributed by atoms with Crippen LogP contribution in [0.3, 0.4) is 0 Å². The Kier molecular flexibility index (Phi) is 4.20. The van der Waals surface area contributed by atoms with E-state index in [9.17, 15) is 13.2 Å². The van der Waals surface area contributed by atoms with Crippen molar-refractivity contribution in [3.8, 4) is 23.1 Å². The first-order valence-corrected chi connectivity index (χ1v) is 8.16. The number of anilines is 1. The van der Waals surface area contributed by atoms with Crippen molar-refractivity contribution in [2.45, 2.75) is 6.18 Å². The molecule has 0 spiro atoms. The molecule has 0 bridgehead atoms. The van der Waals surface area contributed by atoms with Gasteiger partial charge in [0.25, 0.3) is 0 Å². The summed E-state index contributed by atoms with van der Waals surface area (Å²) in [6, 6.07) is 9.94. The second-order valence-corrected chi connectivity index (χ2v) is 5.94. The minimum absolute atomic E-state index is 0.407. The van der Waals surface area contributed by atoms with Crippen LogP contribution in [0.15, 0.2) is 61.1 Å². The number of pyridine rings is 1. The summed E-state index contributed by atoms with van der Waals surface area (Å²) in [7, 11) is 0. The SMILES string of the molecule is Nc1ccc(C#Cc2cnn3ccc(-c4ccc(C(F)(F)F)cc4)nc23)cn1. The van der Waals surface area contributed by atoms with Crippen LogP contribution in [0.5, 0.6) is 0 Å². The minimum atomic E-state index is -4.37. The standard InChI is InChI=1S/C20H12F3N5/c21-20(22,23)16-6-4-14(5-7-16)17-9-10-28-19(27-17)15(12-26-28)3-1-13-2-8-18(24)25-11-13/h2,4-12H,(H2,24,25). The van der Waals surface area contributed by atoms with Gasteiger partial charge >= 0.3 is 6.18 Å². The van der Waals surface area contributed by atoms with Crippen molar-refractivity contribution < 1.29 is 13.2 Å². The van der Waals surface area contributed by atoms with Crippen LogP contribution in [0.4, 0.5) is 19.0 Å². The summed E-state index contributed by atoms with van der Waals surface area (Å²) in [5.41, 5.74) is 7.73. The molecule has 0 unspecified atom stereocenters. The number of hydrogen-bond acceptors (Lipinski definition) is 4. The van der Waals surface area contributed by atoms with Gasteiger partial charge in [0.15, 0.2) is 5.65 Å². The average Bonchev–Trinajstić information content (AvgIpc) is 3.09. The molecular formula is C20H12F3N5. The number of nitrogens with two attached hydrogens (primary N) is 1. The number of aromatic nitrogens is 4. The number of benzene rings is 1. The van der Waals surface area contributed by atoms with E-state index in [0.717, 1.165) is 12.1 Å². The van der Waals surface area contributed by atoms with Gasteiger partial charge in [-0.3, -0.25) is 0 Å². The average molecular weight is 379 g/mol. The van der Waals surface area contributed by atoms with E-state index in [2.05, 4.69) is 26.9 Å². The van der Waals surface area contributed by atoms with E-state index in [1.165, 1.54) is 12.1 Å². The van der Waals surface area contributed by atoms with Crippen LogP contribution in [-0.4, -0.2) is 19.6 Å². The fourth-order valence-corrected chi connectivity index (χ4v) is 2.57. The van der Waals surface area contributed by atoms with Crippen molar-refractivity contribution in [2.24, 2.45) is 0 Å². The monoisotopic (exact) mass is 379 g/mol. The van der Waals surface area contributed by atoms with Gasteiger partial charge in [-0.2, -0.15) is 18.3 Å². The molecule has 28 heavy (non-hydrogen) atoms. The van der Waals surface area contributed by atoms with E-state index in [1.54, 1.807) is 41.3 Å². The van der Waals surface area contributed by atoms with E-state index in [0.29, 0.717) is 33.8 Å². The lowest BCUT2D eigenvalue weighted by Crippen LogP contribution is -2.04. The molecule has 8 heteroatoms. The largest absolute Gasteiger partial charge is 0.416 e. The molecule has 1 aromatic carbocycles. The molecule has 5 nitrogen and oxygen atoms in total. The molecule has 4 aromatic rings. The Morgan fingerprint density at radius 2 is 1.71 bits per heavy atom. The van der Waals surface area contributed by atoms with E-state index in [1.807, 2.05) is 0 Å². The Morgan fingerprint density at radius 3 is 2.39 bits per heavy atom. The summed E-state index contributed by atoms with van der Waals surface area (Å²) in [5.74, 6) is 6.36. The number of fused-ring (bicyclic) bond motifs is 1. The molecular weight excluding hydrogens is 367 g/mol. The molecule has 3 aromatic heterocycles. The van der Waals surface area contributed by atoms with Crippen LogP contribution in [0, 0.1) is 11.8 Å². The molecule has 0 saturated heterocycles. The van der Waals surface area contributed by atoms with Gasteiger partial charge in [-0.05, 0) is 30.3 Å². The van der Waals surface area contributed by atoms with Crippen molar-refractivity contribution in [2.75, 3.05) is 5.73 Å². The highest BCUT2D eigenvalue weighted by molar-refractivity contribution is 5.65. The molecule has 0 saturated carbocycles. The fourth-order valence-electron chi connectivity index (χ4n) is 2.57. The lowest BCUT2D eigenvalue weighted by molar-refractivity contribution is -0.137. The Balaban J connectivity index is 1.69. The van der Waals surface area contributed by atoms with Gasteiger partial charge in [-0.25, -0.2) is 14.5 Å². The highest BCUT2D eigenvalue weighted by Crippen LogP contribution is 2.30. The predicted molar refractivity (Wildman–Crippen MR) is 98.1 cm³/mol. The number of nitrogens with zero attached hydrogens (tertiary/aromatic N) is 4. The maximum Gasteiger partial charge on any atom is 0.416 e. The highest BCUT2D eigenvalue weighted by Gasteiger charge is 2.30. The number of hydrogen-bond donors (Lipinski definition) is 1. The first kappa shape index (κ1) is 17.5. The van der Waals surface area contributed by atoms with Crippen LogP contribution in [-0.2, 0) is 6.18 Å². The van der Waals surface area contributed by atoms with Gasteiger partial charge in [-0.15, -0.1) is 0 Å². The van der Waals surface area contributed by atoms with Gasteiger partial charge in [0.05, 0.1) is 23.0 Å². The maximum atomic E-state index is 12.7. The van der Waals surface area contributed by atoms with Crippen LogP contribution >= 0.6 is 0 Å². The lowest BCUT2D eigenvalue weighted by atomic mass is 10.1. The van der Waals surface area contributed by atoms with Gasteiger partial charge in [0.2, 0.25) is 0 Å². The zero-order valence-electron chi connectivity index (χ0n) is 14.3. The van der Waals surface area contributed by atoms with Crippen LogP contribution < -0.4 is 5.73 Å². The molecule has 3 heterocycles. The normalized spacial score (nSPS) is 11.2. The summed E-state index contributed by atoms with van der Waals surface area (Å²) >= 11 is 0. The summed E-state index contributed by atoms with van der Waals surface area (Å²) in [6.45, 7) is 0. The molecule has 4 rings (SSSR count). The fraction of sp³-hybridized carbons (Fsp3) is 0.0500. The van der Waals surface area contributed by atoms with E-state index >= 15 is 0 Å². The first-order chi connectivity index (χ1) is 13.4. The van der Waals surface area contributed by atoms with Gasteiger partial charge in [-0.1, -0.05) is 24.0 Å². The van der Waals surface area contributed by atoms with Crippen molar-refractivity contribution in [3.63, 3.8) is 0 Å². The smallest absolute Gasteiger partial charge is 0.384 e. The van der Waals surface area contributed by atoms with Gasteiger partial charge in [0, 0.05) is 23.5 Å². The zero-order valence-corrected chi connectivity index (χ0v) is 14.3. The van der Waals surface area contributed by atoms with Gasteiger partial charge < -0.3 is 5.73 Å². The molecule has 0 fully saturated rings. The Hall–Kier alpha value is -3.86. The van der Waals surface area contributed by atoms with Crippen molar-refractivity contribution in [1.82, 2.24) is 19.6 Å². The van der Waals surface area contributed by atoms with E-state index in [4.69, 9.17) is 5.73 Å². The molecule has 0 aliphatic rings.